The van der Waals surface area contributed by atoms with Crippen molar-refractivity contribution in [3.63, 3.8) is 0 Å². The van der Waals surface area contributed by atoms with Crippen molar-refractivity contribution >= 4 is 15.9 Å². The smallest absolute Gasteiger partial charge is 0.251 e. The average molecular weight is 299 g/mol. The lowest BCUT2D eigenvalue weighted by atomic mass is 10.2. The lowest BCUT2D eigenvalue weighted by Gasteiger charge is -2.08. The van der Waals surface area contributed by atoms with E-state index in [9.17, 15) is 13.2 Å². The van der Waals surface area contributed by atoms with Crippen LogP contribution in [0.15, 0.2) is 29.2 Å². The van der Waals surface area contributed by atoms with E-state index in [-0.39, 0.29) is 10.8 Å². The summed E-state index contributed by atoms with van der Waals surface area (Å²) in [6.07, 6.45) is 1.04. The Balaban J connectivity index is 2.63. The maximum atomic E-state index is 11.9. The molecule has 0 aromatic heterocycles. The summed E-state index contributed by atoms with van der Waals surface area (Å²) >= 11 is 0. The molecule has 0 fully saturated rings. The Morgan fingerprint density at radius 2 is 1.95 bits per heavy atom. The number of benzene rings is 1. The summed E-state index contributed by atoms with van der Waals surface area (Å²) in [4.78, 5) is 12.0. The van der Waals surface area contributed by atoms with Gasteiger partial charge in [-0.25, -0.2) is 13.1 Å². The molecule has 1 aromatic carbocycles. The van der Waals surface area contributed by atoms with Crippen LogP contribution in [0.1, 0.15) is 23.7 Å². The third-order valence-electron chi connectivity index (χ3n) is 2.69. The molecule has 0 spiro atoms. The SMILES string of the molecule is CCCNCCNC(=O)c1cccc(S(=O)(=O)NC)c1. The Morgan fingerprint density at radius 1 is 1.20 bits per heavy atom. The monoisotopic (exact) mass is 299 g/mol. The van der Waals surface area contributed by atoms with Crippen LogP contribution in [0, 0.1) is 0 Å². The Kier molecular flexibility index (Phi) is 6.63. The van der Waals surface area contributed by atoms with Crippen molar-refractivity contribution in [2.75, 3.05) is 26.7 Å². The van der Waals surface area contributed by atoms with Crippen molar-refractivity contribution < 1.29 is 13.2 Å². The molecule has 1 amide bonds. The van der Waals surface area contributed by atoms with Gasteiger partial charge in [-0.05, 0) is 38.2 Å². The van der Waals surface area contributed by atoms with Gasteiger partial charge in [0.2, 0.25) is 10.0 Å². The van der Waals surface area contributed by atoms with Crippen LogP contribution in [-0.4, -0.2) is 41.0 Å². The lowest BCUT2D eigenvalue weighted by molar-refractivity contribution is 0.0953. The van der Waals surface area contributed by atoms with Crippen LogP contribution in [0.4, 0.5) is 0 Å². The quantitative estimate of drug-likeness (QED) is 0.604. The number of hydrogen-bond acceptors (Lipinski definition) is 4. The number of hydrogen-bond donors (Lipinski definition) is 3. The molecule has 6 nitrogen and oxygen atoms in total. The van der Waals surface area contributed by atoms with Crippen molar-refractivity contribution in [3.8, 4) is 0 Å². The molecule has 20 heavy (non-hydrogen) atoms. The molecule has 0 heterocycles. The molecule has 0 aliphatic heterocycles. The Hall–Kier alpha value is -1.44. The van der Waals surface area contributed by atoms with Crippen LogP contribution >= 0.6 is 0 Å². The van der Waals surface area contributed by atoms with E-state index in [1.165, 1.54) is 19.2 Å². The van der Waals surface area contributed by atoms with Gasteiger partial charge in [0, 0.05) is 18.7 Å². The van der Waals surface area contributed by atoms with Crippen molar-refractivity contribution in [2.45, 2.75) is 18.2 Å². The molecular weight excluding hydrogens is 278 g/mol. The molecule has 112 valence electrons. The summed E-state index contributed by atoms with van der Waals surface area (Å²) in [6.45, 7) is 4.17. The van der Waals surface area contributed by atoms with Crippen LogP contribution in [0.2, 0.25) is 0 Å². The van der Waals surface area contributed by atoms with Gasteiger partial charge in [-0.15, -0.1) is 0 Å². The maximum Gasteiger partial charge on any atom is 0.251 e. The molecule has 0 radical (unpaired) electrons. The molecule has 1 rings (SSSR count). The van der Waals surface area contributed by atoms with Crippen LogP contribution in [0.5, 0.6) is 0 Å². The van der Waals surface area contributed by atoms with Crippen molar-refractivity contribution in [2.24, 2.45) is 0 Å². The fraction of sp³-hybridized carbons (Fsp3) is 0.462. The molecule has 1 aromatic rings. The van der Waals surface area contributed by atoms with Gasteiger partial charge >= 0.3 is 0 Å². The zero-order valence-electron chi connectivity index (χ0n) is 11.8. The second-order valence-electron chi connectivity index (χ2n) is 4.24. The highest BCUT2D eigenvalue weighted by Gasteiger charge is 2.13. The Bertz CT molecular complexity index is 544. The predicted octanol–water partition coefficient (Wildman–Crippen LogP) is 0.324. The minimum atomic E-state index is -3.53. The van der Waals surface area contributed by atoms with Crippen LogP contribution < -0.4 is 15.4 Å². The van der Waals surface area contributed by atoms with Gasteiger partial charge in [0.25, 0.3) is 5.91 Å². The van der Waals surface area contributed by atoms with E-state index in [1.807, 2.05) is 0 Å². The molecule has 0 atom stereocenters. The first-order chi connectivity index (χ1) is 9.51. The summed E-state index contributed by atoms with van der Waals surface area (Å²) < 4.78 is 25.5. The molecular formula is C13H21N3O3S. The van der Waals surface area contributed by atoms with Crippen molar-refractivity contribution in [1.82, 2.24) is 15.4 Å². The fourth-order valence-electron chi connectivity index (χ4n) is 1.59. The van der Waals surface area contributed by atoms with Gasteiger partial charge in [-0.3, -0.25) is 4.79 Å². The van der Waals surface area contributed by atoms with E-state index in [1.54, 1.807) is 12.1 Å². The van der Waals surface area contributed by atoms with Gasteiger partial charge in [0.15, 0.2) is 0 Å². The van der Waals surface area contributed by atoms with Gasteiger partial charge in [0.1, 0.15) is 0 Å². The molecule has 0 aliphatic carbocycles. The summed E-state index contributed by atoms with van der Waals surface area (Å²) in [5, 5.41) is 5.90. The minimum absolute atomic E-state index is 0.0803. The first-order valence-corrected chi connectivity index (χ1v) is 8.02. The maximum absolute atomic E-state index is 11.9. The third kappa shape index (κ3) is 4.92. The molecule has 0 unspecified atom stereocenters. The fourth-order valence-corrected chi connectivity index (χ4v) is 2.37. The highest BCUT2D eigenvalue weighted by atomic mass is 32.2. The van der Waals surface area contributed by atoms with Gasteiger partial charge < -0.3 is 10.6 Å². The summed E-state index contributed by atoms with van der Waals surface area (Å²) in [6, 6.07) is 5.95. The number of carbonyl (C=O) groups excluding carboxylic acids is 1. The summed E-state index contributed by atoms with van der Waals surface area (Å²) in [5.41, 5.74) is 0.330. The van der Waals surface area contributed by atoms with Crippen LogP contribution in [0.25, 0.3) is 0 Å². The third-order valence-corrected chi connectivity index (χ3v) is 4.10. The molecule has 0 bridgehead atoms. The van der Waals surface area contributed by atoms with E-state index in [0.29, 0.717) is 18.7 Å². The zero-order valence-corrected chi connectivity index (χ0v) is 12.6. The first-order valence-electron chi connectivity index (χ1n) is 6.53. The van der Waals surface area contributed by atoms with E-state index in [4.69, 9.17) is 0 Å². The van der Waals surface area contributed by atoms with Gasteiger partial charge in [-0.1, -0.05) is 13.0 Å². The first kappa shape index (κ1) is 16.6. The molecule has 0 saturated carbocycles. The average Bonchev–Trinajstić information content (AvgIpc) is 2.47. The lowest BCUT2D eigenvalue weighted by Crippen LogP contribution is -2.32. The predicted molar refractivity (Wildman–Crippen MR) is 78.2 cm³/mol. The highest BCUT2D eigenvalue weighted by molar-refractivity contribution is 7.89. The normalized spacial score (nSPS) is 11.3. The van der Waals surface area contributed by atoms with Crippen molar-refractivity contribution in [3.05, 3.63) is 29.8 Å². The van der Waals surface area contributed by atoms with Crippen molar-refractivity contribution in [1.29, 1.82) is 0 Å². The molecule has 3 N–H and O–H groups in total. The number of amides is 1. The van der Waals surface area contributed by atoms with Crippen LogP contribution in [0.3, 0.4) is 0 Å². The van der Waals surface area contributed by atoms with E-state index >= 15 is 0 Å². The van der Waals surface area contributed by atoms with Gasteiger partial charge in [-0.2, -0.15) is 0 Å². The standard InChI is InChI=1S/C13H21N3O3S/c1-3-7-15-8-9-16-13(17)11-5-4-6-12(10-11)20(18,19)14-2/h4-6,10,14-15H,3,7-9H2,1-2H3,(H,16,17). The number of sulfonamides is 1. The summed E-state index contributed by atoms with van der Waals surface area (Å²) in [7, 11) is -2.19. The molecule has 0 aliphatic rings. The number of rotatable bonds is 8. The summed E-state index contributed by atoms with van der Waals surface area (Å²) in [5.74, 6) is -0.281. The van der Waals surface area contributed by atoms with Crippen LogP contribution in [-0.2, 0) is 10.0 Å². The molecule has 7 heteroatoms. The van der Waals surface area contributed by atoms with E-state index < -0.39 is 10.0 Å². The minimum Gasteiger partial charge on any atom is -0.351 e. The van der Waals surface area contributed by atoms with E-state index in [0.717, 1.165) is 13.0 Å². The highest BCUT2D eigenvalue weighted by Crippen LogP contribution is 2.10. The Morgan fingerprint density at radius 3 is 2.60 bits per heavy atom. The largest absolute Gasteiger partial charge is 0.351 e. The number of carbonyl (C=O) groups is 1. The second kappa shape index (κ2) is 7.98. The zero-order chi connectivity index (χ0) is 15.0. The second-order valence-corrected chi connectivity index (χ2v) is 6.13. The topological polar surface area (TPSA) is 87.3 Å². The molecule has 0 saturated heterocycles. The number of nitrogens with one attached hydrogen (secondary N) is 3. The van der Waals surface area contributed by atoms with Gasteiger partial charge in [0.05, 0.1) is 4.90 Å². The Labute approximate surface area is 120 Å². The van der Waals surface area contributed by atoms with E-state index in [2.05, 4.69) is 22.3 Å².